The maximum absolute atomic E-state index is 13.0. The van der Waals surface area contributed by atoms with Crippen molar-refractivity contribution in [2.24, 2.45) is 0 Å². The van der Waals surface area contributed by atoms with Gasteiger partial charge in [-0.05, 0) is 27.7 Å². The minimum atomic E-state index is -5.45. The molecular weight excluding hydrogens is 420 g/mol. The lowest BCUT2D eigenvalue weighted by Gasteiger charge is -2.34. The molecule has 2 atom stereocenters. The van der Waals surface area contributed by atoms with Gasteiger partial charge in [-0.3, -0.25) is 19.1 Å². The zero-order chi connectivity index (χ0) is 21.4. The number of nitrogens with zero attached hydrogens (tertiary/aromatic N) is 1. The molecule has 160 valence electrons. The van der Waals surface area contributed by atoms with Gasteiger partial charge in [0.15, 0.2) is 0 Å². The zero-order valence-electron chi connectivity index (χ0n) is 15.2. The number of amides is 1. The Kier molecular flexibility index (Phi) is 10.8. The van der Waals surface area contributed by atoms with Gasteiger partial charge < -0.3 is 14.4 Å². The lowest BCUT2D eigenvalue weighted by Crippen LogP contribution is -2.51. The van der Waals surface area contributed by atoms with Crippen LogP contribution in [0, 0.1) is 0 Å². The van der Waals surface area contributed by atoms with E-state index in [9.17, 15) is 32.2 Å². The van der Waals surface area contributed by atoms with Crippen LogP contribution in [0.1, 0.15) is 27.7 Å². The van der Waals surface area contributed by atoms with E-state index in [0.29, 0.717) is 0 Å². The number of alkyl halides is 4. The highest BCUT2D eigenvalue weighted by atomic mass is 35.5. The van der Waals surface area contributed by atoms with Crippen LogP contribution in [-0.4, -0.2) is 65.0 Å². The molecule has 0 aromatic carbocycles. The van der Waals surface area contributed by atoms with Crippen molar-refractivity contribution in [3.63, 3.8) is 0 Å². The summed E-state index contributed by atoms with van der Waals surface area (Å²) in [7, 11) is -5.03. The van der Waals surface area contributed by atoms with Crippen LogP contribution in [0.3, 0.4) is 0 Å². The van der Waals surface area contributed by atoms with Gasteiger partial charge in [0.1, 0.15) is 13.2 Å². The van der Waals surface area contributed by atoms with Crippen LogP contribution < -0.4 is 5.48 Å². The summed E-state index contributed by atoms with van der Waals surface area (Å²) >= 11 is 5.32. The number of ether oxygens (including phenoxy) is 2. The summed E-state index contributed by atoms with van der Waals surface area (Å²) in [6.45, 7) is 4.13. The molecular formula is C13H23ClF3N2O7P. The minimum Gasteiger partial charge on any atom is -0.463 e. The zero-order valence-corrected chi connectivity index (χ0v) is 16.8. The van der Waals surface area contributed by atoms with E-state index in [1.54, 1.807) is 0 Å². The molecule has 0 rings (SSSR count). The third kappa shape index (κ3) is 9.72. The van der Waals surface area contributed by atoms with Crippen molar-refractivity contribution < 1.29 is 46.3 Å². The number of nitrogens with one attached hydrogen (secondary N) is 1. The van der Waals surface area contributed by atoms with Crippen LogP contribution in [0.4, 0.5) is 13.2 Å². The van der Waals surface area contributed by atoms with Gasteiger partial charge in [-0.25, -0.2) is 4.62 Å². The van der Waals surface area contributed by atoms with Crippen molar-refractivity contribution in [2.75, 3.05) is 19.0 Å². The summed E-state index contributed by atoms with van der Waals surface area (Å²) in [5.41, 5.74) is 2.11. The number of carbonyl (C=O) groups excluding carboxylic acids is 2. The number of esters is 1. The summed E-state index contributed by atoms with van der Waals surface area (Å²) in [6.07, 6.45) is -6.34. The summed E-state index contributed by atoms with van der Waals surface area (Å²) in [5, 5.41) is 0. The molecule has 0 radical (unpaired) electrons. The molecule has 0 aliphatic carbocycles. The fourth-order valence-electron chi connectivity index (χ4n) is 1.55. The number of halogens is 4. The first-order valence-electron chi connectivity index (χ1n) is 7.73. The summed E-state index contributed by atoms with van der Waals surface area (Å²) in [5.74, 6) is -6.40. The third-order valence-corrected chi connectivity index (χ3v) is 3.98. The van der Waals surface area contributed by atoms with Crippen molar-refractivity contribution in [3.8, 4) is 0 Å². The highest BCUT2D eigenvalue weighted by molar-refractivity contribution is 7.53. The molecule has 0 spiro atoms. The van der Waals surface area contributed by atoms with E-state index in [0.717, 1.165) is 0 Å². The van der Waals surface area contributed by atoms with Crippen molar-refractivity contribution >= 4 is 31.1 Å². The van der Waals surface area contributed by atoms with E-state index in [-0.39, 0.29) is 17.4 Å². The fourth-order valence-corrected chi connectivity index (χ4v) is 3.01. The van der Waals surface area contributed by atoms with E-state index < -0.39 is 50.3 Å². The average molecular weight is 443 g/mol. The Morgan fingerprint density at radius 1 is 1.26 bits per heavy atom. The minimum absolute atomic E-state index is 0.134. The SMILES string of the molecule is CC(C)NOP(=O)(O)C(OC(C)C)N(CC(=O)OCCCl)C(=O)C(F)(F)F. The lowest BCUT2D eigenvalue weighted by molar-refractivity contribution is -0.197. The first-order valence-corrected chi connectivity index (χ1v) is 9.92. The molecule has 0 bridgehead atoms. The van der Waals surface area contributed by atoms with E-state index in [2.05, 4.69) is 14.8 Å². The molecule has 27 heavy (non-hydrogen) atoms. The summed E-state index contributed by atoms with van der Waals surface area (Å²) < 4.78 is 65.4. The van der Waals surface area contributed by atoms with Gasteiger partial charge in [0.05, 0.1) is 12.0 Å². The first-order chi connectivity index (χ1) is 12.2. The Hall–Kier alpha value is -0.910. The van der Waals surface area contributed by atoms with Gasteiger partial charge in [-0.1, -0.05) is 0 Å². The molecule has 0 aromatic rings. The molecule has 1 amide bonds. The molecule has 0 aliphatic rings. The average Bonchev–Trinajstić information content (AvgIpc) is 2.52. The number of hydrogen-bond donors (Lipinski definition) is 2. The molecule has 2 unspecified atom stereocenters. The van der Waals surface area contributed by atoms with Gasteiger partial charge in [-0.2, -0.15) is 18.7 Å². The number of rotatable bonds is 11. The Bertz CT molecular complexity index is 548. The van der Waals surface area contributed by atoms with Crippen LogP contribution in [-0.2, 0) is 28.3 Å². The lowest BCUT2D eigenvalue weighted by atomic mass is 10.4. The molecule has 9 nitrogen and oxygen atoms in total. The normalized spacial score (nSPS) is 15.5. The maximum Gasteiger partial charge on any atom is 0.471 e. The first kappa shape index (κ1) is 26.1. The number of carbonyl (C=O) groups is 2. The van der Waals surface area contributed by atoms with Crippen molar-refractivity contribution in [1.82, 2.24) is 10.4 Å². The smallest absolute Gasteiger partial charge is 0.463 e. The van der Waals surface area contributed by atoms with E-state index in [4.69, 9.17) is 16.3 Å². The number of hydrogen-bond acceptors (Lipinski definition) is 7. The van der Waals surface area contributed by atoms with Crippen LogP contribution in [0.25, 0.3) is 0 Å². The second-order valence-electron chi connectivity index (χ2n) is 5.78. The topological polar surface area (TPSA) is 114 Å². The van der Waals surface area contributed by atoms with E-state index in [1.807, 2.05) is 0 Å². The van der Waals surface area contributed by atoms with Crippen molar-refractivity contribution in [3.05, 3.63) is 0 Å². The Labute approximate surface area is 159 Å². The van der Waals surface area contributed by atoms with Crippen LogP contribution in [0.15, 0.2) is 0 Å². The fraction of sp³-hybridized carbons (Fsp3) is 0.846. The molecule has 14 heteroatoms. The van der Waals surface area contributed by atoms with Crippen molar-refractivity contribution in [2.45, 2.75) is 52.0 Å². The molecule has 0 saturated carbocycles. The van der Waals surface area contributed by atoms with Crippen LogP contribution in [0.5, 0.6) is 0 Å². The quantitative estimate of drug-likeness (QED) is 0.164. The van der Waals surface area contributed by atoms with Gasteiger partial charge in [0.2, 0.25) is 5.97 Å². The monoisotopic (exact) mass is 442 g/mol. The Balaban J connectivity index is 5.84. The second-order valence-corrected chi connectivity index (χ2v) is 7.91. The Morgan fingerprint density at radius 2 is 1.81 bits per heavy atom. The summed E-state index contributed by atoms with van der Waals surface area (Å²) in [6, 6.07) is -0.481. The predicted molar refractivity (Wildman–Crippen MR) is 88.6 cm³/mol. The summed E-state index contributed by atoms with van der Waals surface area (Å²) in [4.78, 5) is 33.3. The van der Waals surface area contributed by atoms with Gasteiger partial charge >= 0.3 is 25.6 Å². The molecule has 0 saturated heterocycles. The number of hydroxylamine groups is 1. The van der Waals surface area contributed by atoms with Crippen molar-refractivity contribution in [1.29, 1.82) is 0 Å². The highest BCUT2D eigenvalue weighted by Gasteiger charge is 2.51. The van der Waals surface area contributed by atoms with E-state index >= 15 is 0 Å². The van der Waals surface area contributed by atoms with Crippen LogP contribution in [0.2, 0.25) is 0 Å². The Morgan fingerprint density at radius 3 is 2.22 bits per heavy atom. The molecule has 0 aromatic heterocycles. The van der Waals surface area contributed by atoms with Crippen LogP contribution >= 0.6 is 19.2 Å². The maximum atomic E-state index is 13.0. The van der Waals surface area contributed by atoms with Gasteiger partial charge in [0, 0.05) is 6.04 Å². The van der Waals surface area contributed by atoms with Gasteiger partial charge in [-0.15, -0.1) is 11.6 Å². The molecule has 0 aliphatic heterocycles. The molecule has 0 heterocycles. The third-order valence-electron chi connectivity index (χ3n) is 2.50. The predicted octanol–water partition coefficient (Wildman–Crippen LogP) is 1.98. The largest absolute Gasteiger partial charge is 0.471 e. The van der Waals surface area contributed by atoms with E-state index in [1.165, 1.54) is 27.7 Å². The van der Waals surface area contributed by atoms with Gasteiger partial charge in [0.25, 0.3) is 0 Å². The second kappa shape index (κ2) is 11.2. The molecule has 2 N–H and O–H groups in total. The standard InChI is InChI=1S/C13H23ClF3N2O7P/c1-8(2)18-26-27(22,23)12(25-9(3)4)19(11(21)13(15,16)17)7-10(20)24-6-5-14/h8-9,12,18H,5-7H2,1-4H3,(H,22,23). The molecule has 0 fully saturated rings. The highest BCUT2D eigenvalue weighted by Crippen LogP contribution is 2.49.